The van der Waals surface area contributed by atoms with E-state index < -0.39 is 23.1 Å². The molecule has 0 spiro atoms. The molecule has 2 unspecified atom stereocenters. The number of rotatable bonds is 4. The summed E-state index contributed by atoms with van der Waals surface area (Å²) in [5, 5.41) is 14.9. The lowest BCUT2D eigenvalue weighted by Gasteiger charge is -2.31. The fourth-order valence-corrected chi connectivity index (χ4v) is 5.24. The fourth-order valence-electron chi connectivity index (χ4n) is 4.45. The average molecular weight is 424 g/mol. The van der Waals surface area contributed by atoms with E-state index in [1.807, 2.05) is 0 Å². The monoisotopic (exact) mass is 423 g/mol. The van der Waals surface area contributed by atoms with Gasteiger partial charge in [-0.1, -0.05) is 19.3 Å². The molecule has 2 atom stereocenters. The van der Waals surface area contributed by atoms with Gasteiger partial charge in [-0.15, -0.1) is 11.3 Å². The fraction of sp³-hybridized carbons (Fsp3) is 0.762. The van der Waals surface area contributed by atoms with Crippen molar-refractivity contribution >= 4 is 28.5 Å². The number of carboxylic acids is 1. The van der Waals surface area contributed by atoms with Gasteiger partial charge < -0.3 is 14.7 Å². The largest absolute Gasteiger partial charge is 0.481 e. The summed E-state index contributed by atoms with van der Waals surface area (Å²) in [6.07, 6.45) is 7.68. The number of carboxylic acid groups (broad SMARTS) is 1. The highest BCUT2D eigenvalue weighted by Crippen LogP contribution is 2.44. The number of aliphatic carboxylic acids is 1. The van der Waals surface area contributed by atoms with E-state index in [9.17, 15) is 14.7 Å². The summed E-state index contributed by atoms with van der Waals surface area (Å²) >= 11 is 1.25. The van der Waals surface area contributed by atoms with Crippen LogP contribution in [0.15, 0.2) is 5.38 Å². The Balaban J connectivity index is 1.71. The van der Waals surface area contributed by atoms with Crippen molar-refractivity contribution in [2.24, 2.45) is 0 Å². The van der Waals surface area contributed by atoms with E-state index in [0.717, 1.165) is 19.5 Å². The van der Waals surface area contributed by atoms with Crippen LogP contribution in [0.25, 0.3) is 0 Å². The van der Waals surface area contributed by atoms with Gasteiger partial charge in [0, 0.05) is 11.4 Å². The van der Waals surface area contributed by atoms with Gasteiger partial charge in [0.2, 0.25) is 0 Å². The Hall–Kier alpha value is -1.67. The Kier molecular flexibility index (Phi) is 6.83. The maximum Gasteiger partial charge on any atom is 0.413 e. The van der Waals surface area contributed by atoms with E-state index in [-0.39, 0.29) is 6.04 Å². The van der Waals surface area contributed by atoms with E-state index in [0.29, 0.717) is 23.7 Å². The third-order valence-corrected chi connectivity index (χ3v) is 6.66. The molecule has 2 N–H and O–H groups in total. The molecule has 0 aromatic carbocycles. The molecule has 7 nitrogen and oxygen atoms in total. The Morgan fingerprint density at radius 1 is 1.24 bits per heavy atom. The summed E-state index contributed by atoms with van der Waals surface area (Å²) in [5.41, 5.74) is -1.02. The Morgan fingerprint density at radius 3 is 2.52 bits per heavy atom. The molecule has 1 aromatic rings. The van der Waals surface area contributed by atoms with Crippen LogP contribution in [-0.2, 0) is 14.9 Å². The average Bonchev–Trinajstić information content (AvgIpc) is 3.20. The SMILES string of the molecule is CC(C)(C)OC(=O)Nc1nc(C2(C(=O)O)CCC(N3CCCCCCC3)C2)cs1. The first-order valence-electron chi connectivity index (χ1n) is 10.6. The maximum atomic E-state index is 12.3. The minimum Gasteiger partial charge on any atom is -0.481 e. The van der Waals surface area contributed by atoms with Crippen LogP contribution >= 0.6 is 11.3 Å². The van der Waals surface area contributed by atoms with Crippen molar-refractivity contribution in [2.75, 3.05) is 18.4 Å². The highest BCUT2D eigenvalue weighted by molar-refractivity contribution is 7.13. The first kappa shape index (κ1) is 22.0. The van der Waals surface area contributed by atoms with Gasteiger partial charge in [0.25, 0.3) is 0 Å². The normalized spacial score (nSPS) is 26.5. The number of hydrogen-bond donors (Lipinski definition) is 2. The van der Waals surface area contributed by atoms with Crippen molar-refractivity contribution in [1.82, 2.24) is 9.88 Å². The zero-order valence-corrected chi connectivity index (χ0v) is 18.5. The van der Waals surface area contributed by atoms with Crippen LogP contribution in [0, 0.1) is 0 Å². The molecule has 8 heteroatoms. The highest BCUT2D eigenvalue weighted by atomic mass is 32.1. The number of likely N-dealkylation sites (tertiary alicyclic amines) is 1. The van der Waals surface area contributed by atoms with Gasteiger partial charge in [0.15, 0.2) is 5.13 Å². The van der Waals surface area contributed by atoms with Gasteiger partial charge in [-0.3, -0.25) is 10.1 Å². The van der Waals surface area contributed by atoms with Gasteiger partial charge >= 0.3 is 12.1 Å². The highest BCUT2D eigenvalue weighted by Gasteiger charge is 2.50. The van der Waals surface area contributed by atoms with Gasteiger partial charge in [0.05, 0.1) is 5.69 Å². The zero-order chi connectivity index (χ0) is 21.1. The lowest BCUT2D eigenvalue weighted by atomic mass is 9.83. The molecular weight excluding hydrogens is 390 g/mol. The van der Waals surface area contributed by atoms with Crippen molar-refractivity contribution < 1.29 is 19.4 Å². The Morgan fingerprint density at radius 2 is 1.90 bits per heavy atom. The van der Waals surface area contributed by atoms with Crippen molar-refractivity contribution in [3.8, 4) is 0 Å². The predicted molar refractivity (Wildman–Crippen MR) is 114 cm³/mol. The number of carbonyl (C=O) groups is 2. The summed E-state index contributed by atoms with van der Waals surface area (Å²) in [6, 6.07) is 0.285. The molecule has 1 aliphatic heterocycles. The molecule has 162 valence electrons. The lowest BCUT2D eigenvalue weighted by Crippen LogP contribution is -2.40. The quantitative estimate of drug-likeness (QED) is 0.733. The summed E-state index contributed by atoms with van der Waals surface area (Å²) in [7, 11) is 0. The lowest BCUT2D eigenvalue weighted by molar-refractivity contribution is -0.144. The number of anilines is 1. The van der Waals surface area contributed by atoms with Gasteiger partial charge in [-0.2, -0.15) is 0 Å². The predicted octanol–water partition coefficient (Wildman–Crippen LogP) is 4.63. The van der Waals surface area contributed by atoms with Gasteiger partial charge in [-0.05, 0) is 66.0 Å². The summed E-state index contributed by atoms with van der Waals surface area (Å²) in [5.74, 6) is -0.818. The first-order valence-corrected chi connectivity index (χ1v) is 11.5. The second-order valence-corrected chi connectivity index (χ2v) is 10.1. The van der Waals surface area contributed by atoms with Crippen molar-refractivity contribution in [3.05, 3.63) is 11.1 Å². The number of nitrogens with zero attached hydrogens (tertiary/aromatic N) is 2. The minimum atomic E-state index is -0.975. The van der Waals surface area contributed by atoms with E-state index >= 15 is 0 Å². The number of amides is 1. The third-order valence-electron chi connectivity index (χ3n) is 5.91. The second-order valence-electron chi connectivity index (χ2n) is 9.25. The number of nitrogens with one attached hydrogen (secondary N) is 1. The van der Waals surface area contributed by atoms with E-state index in [1.165, 1.54) is 43.4 Å². The molecule has 1 aromatic heterocycles. The van der Waals surface area contributed by atoms with E-state index in [4.69, 9.17) is 4.74 Å². The molecule has 1 amide bonds. The molecule has 2 fully saturated rings. The van der Waals surface area contributed by atoms with Crippen LogP contribution in [-0.4, -0.2) is 51.8 Å². The summed E-state index contributed by atoms with van der Waals surface area (Å²) in [6.45, 7) is 7.50. The number of aromatic nitrogens is 1. The van der Waals surface area contributed by atoms with Crippen LogP contribution in [0.2, 0.25) is 0 Å². The molecule has 1 saturated heterocycles. The topological polar surface area (TPSA) is 91.8 Å². The van der Waals surface area contributed by atoms with Crippen LogP contribution in [0.4, 0.5) is 9.93 Å². The van der Waals surface area contributed by atoms with Crippen LogP contribution in [0.1, 0.15) is 77.8 Å². The van der Waals surface area contributed by atoms with Gasteiger partial charge in [0.1, 0.15) is 11.0 Å². The Labute approximate surface area is 176 Å². The van der Waals surface area contributed by atoms with E-state index in [1.54, 1.807) is 26.2 Å². The molecular formula is C21H33N3O4S. The standard InChI is InChI=1S/C21H33N3O4S/c1-20(2,3)28-19(27)23-18-22-16(14-29-18)21(17(25)26)10-9-15(13-21)24-11-7-5-4-6-8-12-24/h14-15H,4-13H2,1-3H3,(H,25,26)(H,22,23,27). The molecule has 0 bridgehead atoms. The third kappa shape index (κ3) is 5.48. The van der Waals surface area contributed by atoms with Crippen LogP contribution in [0.5, 0.6) is 0 Å². The van der Waals surface area contributed by atoms with Crippen LogP contribution in [0.3, 0.4) is 0 Å². The molecule has 2 heterocycles. The van der Waals surface area contributed by atoms with Gasteiger partial charge in [-0.25, -0.2) is 9.78 Å². The molecule has 1 saturated carbocycles. The van der Waals surface area contributed by atoms with Crippen LogP contribution < -0.4 is 5.32 Å². The molecule has 2 aliphatic rings. The summed E-state index contributed by atoms with van der Waals surface area (Å²) in [4.78, 5) is 31.3. The second kappa shape index (κ2) is 9.00. The maximum absolute atomic E-state index is 12.3. The molecule has 0 radical (unpaired) electrons. The Bertz CT molecular complexity index is 722. The first-order chi connectivity index (χ1) is 13.7. The van der Waals surface area contributed by atoms with Crippen molar-refractivity contribution in [3.63, 3.8) is 0 Å². The number of carbonyl (C=O) groups excluding carboxylic acids is 1. The zero-order valence-electron chi connectivity index (χ0n) is 17.7. The molecule has 3 rings (SSSR count). The smallest absolute Gasteiger partial charge is 0.413 e. The number of ether oxygens (including phenoxy) is 1. The summed E-state index contributed by atoms with van der Waals surface area (Å²) < 4.78 is 5.26. The van der Waals surface area contributed by atoms with E-state index in [2.05, 4.69) is 15.2 Å². The number of thiazole rings is 1. The minimum absolute atomic E-state index is 0.285. The molecule has 29 heavy (non-hydrogen) atoms. The van der Waals surface area contributed by atoms with Crippen molar-refractivity contribution in [2.45, 2.75) is 89.2 Å². The van der Waals surface area contributed by atoms with Crippen molar-refractivity contribution in [1.29, 1.82) is 0 Å². The molecule has 1 aliphatic carbocycles. The number of hydrogen-bond acceptors (Lipinski definition) is 6.